The van der Waals surface area contributed by atoms with Gasteiger partial charge in [-0.3, -0.25) is 4.79 Å². The zero-order valence-corrected chi connectivity index (χ0v) is 12.2. The number of hydrogen-bond donors (Lipinski definition) is 0. The van der Waals surface area contributed by atoms with E-state index in [1.54, 1.807) is 0 Å². The summed E-state index contributed by atoms with van der Waals surface area (Å²) in [5.41, 5.74) is 0. The van der Waals surface area contributed by atoms with Gasteiger partial charge < -0.3 is 4.90 Å². The summed E-state index contributed by atoms with van der Waals surface area (Å²) >= 11 is 0. The Hall–Kier alpha value is -0.370. The van der Waals surface area contributed by atoms with Crippen molar-refractivity contribution in [3.8, 4) is 0 Å². The molecule has 18 heavy (non-hydrogen) atoms. The Labute approximate surface area is 112 Å². The molecule has 0 bridgehead atoms. The summed E-state index contributed by atoms with van der Waals surface area (Å²) in [5, 5.41) is 0. The first-order chi connectivity index (χ1) is 8.66. The molecule has 1 saturated heterocycles. The molecule has 1 aliphatic heterocycles. The van der Waals surface area contributed by atoms with Gasteiger partial charge in [0, 0.05) is 24.9 Å². The zero-order chi connectivity index (χ0) is 13.0. The van der Waals surface area contributed by atoms with E-state index < -0.39 is 0 Å². The van der Waals surface area contributed by atoms with E-state index in [9.17, 15) is 4.79 Å². The van der Waals surface area contributed by atoms with Crippen LogP contribution >= 0.6 is 0 Å². The summed E-state index contributed by atoms with van der Waals surface area (Å²) in [4.78, 5) is 14.9. The molecule has 0 aromatic heterocycles. The van der Waals surface area contributed by atoms with Gasteiger partial charge in [0.1, 0.15) is 5.78 Å². The fraction of sp³-hybridized carbons (Fsp3) is 0.938. The number of hydrogen-bond acceptors (Lipinski definition) is 2. The largest absolute Gasteiger partial charge is 0.301 e. The normalized spacial score (nSPS) is 27.6. The maximum Gasteiger partial charge on any atom is 0.136 e. The Morgan fingerprint density at radius 3 is 2.50 bits per heavy atom. The van der Waals surface area contributed by atoms with Gasteiger partial charge in [-0.1, -0.05) is 19.3 Å². The summed E-state index contributed by atoms with van der Waals surface area (Å²) in [6.07, 6.45) is 9.63. The van der Waals surface area contributed by atoms with Crippen LogP contribution in [-0.2, 0) is 4.79 Å². The minimum absolute atomic E-state index is 0.410. The highest BCUT2D eigenvalue weighted by molar-refractivity contribution is 5.81. The van der Waals surface area contributed by atoms with Gasteiger partial charge in [-0.15, -0.1) is 0 Å². The van der Waals surface area contributed by atoms with Crippen molar-refractivity contribution in [2.45, 2.75) is 71.3 Å². The Morgan fingerprint density at radius 1 is 1.11 bits per heavy atom. The van der Waals surface area contributed by atoms with Gasteiger partial charge in [-0.05, 0) is 52.0 Å². The molecule has 0 aromatic carbocycles. The lowest BCUT2D eigenvalue weighted by atomic mass is 9.81. The van der Waals surface area contributed by atoms with Gasteiger partial charge in [0.15, 0.2) is 0 Å². The van der Waals surface area contributed by atoms with Crippen LogP contribution in [0.1, 0.15) is 65.2 Å². The van der Waals surface area contributed by atoms with Gasteiger partial charge in [-0.25, -0.2) is 0 Å². The van der Waals surface area contributed by atoms with Crippen molar-refractivity contribution < 1.29 is 4.79 Å². The second kappa shape index (κ2) is 6.70. The molecule has 2 aliphatic rings. The predicted octanol–water partition coefficient (Wildman–Crippen LogP) is 3.65. The number of ketones is 1. The highest BCUT2D eigenvalue weighted by Crippen LogP contribution is 2.29. The van der Waals surface area contributed by atoms with E-state index in [4.69, 9.17) is 0 Å². The number of rotatable bonds is 4. The molecule has 104 valence electrons. The Kier molecular flexibility index (Phi) is 5.23. The summed E-state index contributed by atoms with van der Waals surface area (Å²) in [6.45, 7) is 6.92. The number of Topliss-reactive ketones (excluding diaryl/α,β-unsaturated/α-hetero) is 1. The first-order valence-corrected chi connectivity index (χ1v) is 7.93. The summed E-state index contributed by atoms with van der Waals surface area (Å²) in [6, 6.07) is 0.637. The second-order valence-electron chi connectivity index (χ2n) is 6.60. The standard InChI is InChI=1S/C16H29NO/c1-13(2)17-10-6-7-14(12-17)11-16(18)15-8-4-3-5-9-15/h13-15H,3-12H2,1-2H3/t14-/m0/s1. The van der Waals surface area contributed by atoms with Crippen molar-refractivity contribution in [3.05, 3.63) is 0 Å². The molecule has 1 atom stereocenters. The number of carbonyl (C=O) groups excluding carboxylic acids is 1. The number of piperidine rings is 1. The van der Waals surface area contributed by atoms with Crippen molar-refractivity contribution in [3.63, 3.8) is 0 Å². The van der Waals surface area contributed by atoms with Gasteiger partial charge in [-0.2, -0.15) is 0 Å². The first kappa shape index (κ1) is 14.0. The zero-order valence-electron chi connectivity index (χ0n) is 12.2. The third kappa shape index (κ3) is 3.81. The van der Waals surface area contributed by atoms with Crippen LogP contribution in [-0.4, -0.2) is 29.8 Å². The third-order valence-corrected chi connectivity index (χ3v) is 4.83. The van der Waals surface area contributed by atoms with E-state index in [0.29, 0.717) is 23.7 Å². The van der Waals surface area contributed by atoms with Crippen LogP contribution in [0.2, 0.25) is 0 Å². The number of carbonyl (C=O) groups is 1. The highest BCUT2D eigenvalue weighted by atomic mass is 16.1. The Balaban J connectivity index is 1.79. The van der Waals surface area contributed by atoms with Crippen LogP contribution in [0.15, 0.2) is 0 Å². The average Bonchev–Trinajstić information content (AvgIpc) is 2.40. The van der Waals surface area contributed by atoms with Gasteiger partial charge in [0.25, 0.3) is 0 Å². The molecule has 2 rings (SSSR count). The summed E-state index contributed by atoms with van der Waals surface area (Å²) < 4.78 is 0. The quantitative estimate of drug-likeness (QED) is 0.760. The SMILES string of the molecule is CC(C)N1CCC[C@@H](CC(=O)C2CCCCC2)C1. The van der Waals surface area contributed by atoms with E-state index in [0.717, 1.165) is 13.0 Å². The summed E-state index contributed by atoms with van der Waals surface area (Å²) in [5.74, 6) is 1.62. The van der Waals surface area contributed by atoms with Crippen LogP contribution < -0.4 is 0 Å². The van der Waals surface area contributed by atoms with E-state index >= 15 is 0 Å². The molecular weight excluding hydrogens is 222 g/mol. The maximum absolute atomic E-state index is 12.3. The van der Waals surface area contributed by atoms with E-state index in [-0.39, 0.29) is 0 Å². The summed E-state index contributed by atoms with van der Waals surface area (Å²) in [7, 11) is 0. The minimum Gasteiger partial charge on any atom is -0.301 e. The lowest BCUT2D eigenvalue weighted by Gasteiger charge is -2.35. The van der Waals surface area contributed by atoms with Crippen molar-refractivity contribution in [2.24, 2.45) is 11.8 Å². The van der Waals surface area contributed by atoms with Gasteiger partial charge in [0.2, 0.25) is 0 Å². The lowest BCUT2D eigenvalue weighted by Crippen LogP contribution is -2.40. The fourth-order valence-electron chi connectivity index (χ4n) is 3.61. The first-order valence-electron chi connectivity index (χ1n) is 7.93. The average molecular weight is 251 g/mol. The molecule has 0 radical (unpaired) electrons. The maximum atomic E-state index is 12.3. The van der Waals surface area contributed by atoms with E-state index in [1.807, 2.05) is 0 Å². The molecule has 2 fully saturated rings. The van der Waals surface area contributed by atoms with Crippen LogP contribution in [0.5, 0.6) is 0 Å². The fourth-order valence-corrected chi connectivity index (χ4v) is 3.61. The van der Waals surface area contributed by atoms with Gasteiger partial charge >= 0.3 is 0 Å². The minimum atomic E-state index is 0.410. The van der Waals surface area contributed by atoms with Crippen LogP contribution in [0.4, 0.5) is 0 Å². The predicted molar refractivity (Wildman–Crippen MR) is 75.6 cm³/mol. The van der Waals surface area contributed by atoms with Crippen molar-refractivity contribution in [1.29, 1.82) is 0 Å². The van der Waals surface area contributed by atoms with Crippen LogP contribution in [0, 0.1) is 11.8 Å². The molecule has 1 aliphatic carbocycles. The van der Waals surface area contributed by atoms with E-state index in [1.165, 1.54) is 51.5 Å². The molecule has 1 saturated carbocycles. The molecule has 0 unspecified atom stereocenters. The van der Waals surface area contributed by atoms with Crippen molar-refractivity contribution >= 4 is 5.78 Å². The number of nitrogens with zero attached hydrogens (tertiary/aromatic N) is 1. The Bertz CT molecular complexity index is 268. The monoisotopic (exact) mass is 251 g/mol. The highest BCUT2D eigenvalue weighted by Gasteiger charge is 2.27. The van der Waals surface area contributed by atoms with Crippen LogP contribution in [0.3, 0.4) is 0 Å². The lowest BCUT2D eigenvalue weighted by molar-refractivity contribution is -0.125. The molecule has 2 heteroatoms. The smallest absolute Gasteiger partial charge is 0.136 e. The van der Waals surface area contributed by atoms with Crippen LogP contribution in [0.25, 0.3) is 0 Å². The third-order valence-electron chi connectivity index (χ3n) is 4.83. The van der Waals surface area contributed by atoms with Crippen molar-refractivity contribution in [2.75, 3.05) is 13.1 Å². The van der Waals surface area contributed by atoms with Crippen molar-refractivity contribution in [1.82, 2.24) is 4.90 Å². The molecule has 2 nitrogen and oxygen atoms in total. The molecule has 0 spiro atoms. The molecule has 0 N–H and O–H groups in total. The molecule has 1 heterocycles. The number of likely N-dealkylation sites (tertiary alicyclic amines) is 1. The molecular formula is C16H29NO. The molecule has 0 amide bonds. The topological polar surface area (TPSA) is 20.3 Å². The second-order valence-corrected chi connectivity index (χ2v) is 6.60. The van der Waals surface area contributed by atoms with E-state index in [2.05, 4.69) is 18.7 Å². The molecule has 0 aromatic rings. The van der Waals surface area contributed by atoms with Gasteiger partial charge in [0.05, 0.1) is 0 Å². The Morgan fingerprint density at radius 2 is 1.83 bits per heavy atom.